The number of anilines is 1. The summed E-state index contributed by atoms with van der Waals surface area (Å²) >= 11 is 0. The Morgan fingerprint density at radius 3 is 2.43 bits per heavy atom. The van der Waals surface area contributed by atoms with Gasteiger partial charge in [0.1, 0.15) is 28.6 Å². The largest absolute Gasteiger partial charge is 0.510 e. The monoisotopic (exact) mass is 606 g/mol. The van der Waals surface area contributed by atoms with Crippen LogP contribution in [0.2, 0.25) is 0 Å². The first kappa shape index (κ1) is 31.0. The van der Waals surface area contributed by atoms with E-state index in [2.05, 4.69) is 5.32 Å². The fourth-order valence-electron chi connectivity index (χ4n) is 7.01. The third kappa shape index (κ3) is 4.70. The smallest absolute Gasteiger partial charge is 0.255 e. The van der Waals surface area contributed by atoms with Crippen LogP contribution >= 0.6 is 0 Å². The number of ether oxygens (including phenoxy) is 1. The maximum atomic E-state index is 14.2. The number of carbonyl (C=O) groups is 3. The van der Waals surface area contributed by atoms with Crippen LogP contribution in [-0.2, 0) is 29.1 Å². The number of phenolic OH excluding ortho intramolecular Hbond substituents is 1. The zero-order valence-electron chi connectivity index (χ0n) is 25.3. The van der Waals surface area contributed by atoms with E-state index >= 15 is 0 Å². The molecule has 2 aromatic rings. The number of aliphatic hydroxyl groups is 3. The first-order valence-corrected chi connectivity index (χ1v) is 14.3. The Kier molecular flexibility index (Phi) is 7.95. The van der Waals surface area contributed by atoms with Crippen molar-refractivity contribution in [2.45, 2.75) is 37.6 Å². The van der Waals surface area contributed by atoms with Gasteiger partial charge in [0, 0.05) is 49.9 Å². The molecule has 3 aliphatic carbocycles. The lowest BCUT2D eigenvalue weighted by atomic mass is 9.58. The second-order valence-corrected chi connectivity index (χ2v) is 12.1. The third-order valence-corrected chi connectivity index (χ3v) is 9.04. The maximum Gasteiger partial charge on any atom is 0.255 e. The number of hydrogen-bond donors (Lipinski definition) is 6. The molecule has 0 fully saturated rings. The summed E-state index contributed by atoms with van der Waals surface area (Å²) in [6.07, 6.45) is 0.246. The van der Waals surface area contributed by atoms with Crippen LogP contribution in [0, 0.1) is 11.8 Å². The van der Waals surface area contributed by atoms with Gasteiger partial charge in [0.2, 0.25) is 5.78 Å². The molecule has 0 saturated heterocycles. The average molecular weight is 607 g/mol. The topological polar surface area (TPSA) is 186 Å². The highest BCUT2D eigenvalue weighted by Crippen LogP contribution is 2.53. The van der Waals surface area contributed by atoms with Gasteiger partial charge in [-0.2, -0.15) is 0 Å². The van der Waals surface area contributed by atoms with Crippen LogP contribution < -0.4 is 20.7 Å². The number of Topliss-reactive ketones (excluding diaryl/α,β-unsaturated/α-hetero) is 2. The van der Waals surface area contributed by atoms with E-state index in [0.717, 1.165) is 5.56 Å². The summed E-state index contributed by atoms with van der Waals surface area (Å²) in [5, 5.41) is 49.0. The first-order valence-electron chi connectivity index (χ1n) is 14.3. The second kappa shape index (κ2) is 11.3. The number of fused-ring (bicyclic) bond motifs is 3. The van der Waals surface area contributed by atoms with Crippen molar-refractivity contribution in [1.82, 2.24) is 10.2 Å². The standard InChI is InChI=1S/C32H38N4O8/c1-35(2)21-12-17(14-34-13-15-7-6-8-18(9-15)44-5)26(37)23-19(21)10-16-11-20-25(36(3)4)28(39)24(31(33)42)30(41)32(20,43)29(40)22(16)27(23)38/h6-9,12,16,20,25,34,37,39-40,43H,10-11,13-14H2,1-5H3,(H2,33,42)/t16-,20-,25-,32-/m0/s1. The summed E-state index contributed by atoms with van der Waals surface area (Å²) in [4.78, 5) is 43.3. The molecule has 0 aromatic heterocycles. The molecule has 1 amide bonds. The molecule has 0 radical (unpaired) electrons. The molecule has 3 aliphatic rings. The molecule has 0 saturated carbocycles. The lowest BCUT2D eigenvalue weighted by Crippen LogP contribution is -2.63. The van der Waals surface area contributed by atoms with E-state index in [4.69, 9.17) is 10.5 Å². The number of carbonyl (C=O) groups excluding carboxylic acids is 3. The summed E-state index contributed by atoms with van der Waals surface area (Å²) in [5.74, 6) is -6.00. The van der Waals surface area contributed by atoms with Crippen molar-refractivity contribution < 1.29 is 39.5 Å². The van der Waals surface area contributed by atoms with Crippen LogP contribution in [0.15, 0.2) is 53.0 Å². The summed E-state index contributed by atoms with van der Waals surface area (Å²) in [5.41, 5.74) is 4.36. The highest BCUT2D eigenvalue weighted by Gasteiger charge is 2.63. The lowest BCUT2D eigenvalue weighted by Gasteiger charge is -2.50. The van der Waals surface area contributed by atoms with Gasteiger partial charge in [0.15, 0.2) is 11.4 Å². The average Bonchev–Trinajstić information content (AvgIpc) is 2.95. The van der Waals surface area contributed by atoms with Gasteiger partial charge in [-0.15, -0.1) is 0 Å². The number of nitrogens with one attached hydrogen (secondary N) is 1. The molecule has 0 bridgehead atoms. The number of nitrogens with two attached hydrogens (primary N) is 1. The van der Waals surface area contributed by atoms with Crippen molar-refractivity contribution in [2.24, 2.45) is 17.6 Å². The SMILES string of the molecule is COc1cccc(CNCc2cc(N(C)C)c3c(c2O)C(=O)C2=C(O)[C@]4(O)C(=O)C(C(N)=O)=C(O)[C@@H](N(C)C)[C@@H]4C[C@@H]2C3)c1. The Bertz CT molecular complexity index is 1630. The Hall–Kier alpha value is -4.39. The van der Waals surface area contributed by atoms with E-state index in [1.165, 1.54) is 4.90 Å². The van der Waals surface area contributed by atoms with Gasteiger partial charge in [-0.05, 0) is 62.2 Å². The molecule has 12 nitrogen and oxygen atoms in total. The number of rotatable bonds is 8. The van der Waals surface area contributed by atoms with Crippen molar-refractivity contribution in [2.75, 3.05) is 40.2 Å². The number of ketones is 2. The Morgan fingerprint density at radius 1 is 1.11 bits per heavy atom. The molecular weight excluding hydrogens is 568 g/mol. The highest BCUT2D eigenvalue weighted by atomic mass is 16.5. The summed E-state index contributed by atoms with van der Waals surface area (Å²) < 4.78 is 5.28. The van der Waals surface area contributed by atoms with E-state index in [0.29, 0.717) is 29.1 Å². The van der Waals surface area contributed by atoms with E-state index in [-0.39, 0.29) is 36.3 Å². The Balaban J connectivity index is 1.58. The van der Waals surface area contributed by atoms with Gasteiger partial charge in [-0.25, -0.2) is 0 Å². The number of aromatic hydroxyl groups is 1. The molecule has 12 heteroatoms. The lowest BCUT2D eigenvalue weighted by molar-refractivity contribution is -0.148. The van der Waals surface area contributed by atoms with Crippen LogP contribution in [0.3, 0.4) is 0 Å². The molecule has 0 heterocycles. The summed E-state index contributed by atoms with van der Waals surface area (Å²) in [6.45, 7) is 0.666. The molecule has 44 heavy (non-hydrogen) atoms. The van der Waals surface area contributed by atoms with Crippen molar-refractivity contribution >= 4 is 23.2 Å². The predicted molar refractivity (Wildman–Crippen MR) is 162 cm³/mol. The third-order valence-electron chi connectivity index (χ3n) is 9.04. The van der Waals surface area contributed by atoms with Crippen LogP contribution in [-0.4, -0.2) is 89.7 Å². The van der Waals surface area contributed by atoms with Gasteiger partial charge >= 0.3 is 0 Å². The number of hydrogen-bond acceptors (Lipinski definition) is 11. The number of nitrogens with zero attached hydrogens (tertiary/aromatic N) is 2. The molecule has 5 rings (SSSR count). The number of aliphatic hydroxyl groups excluding tert-OH is 2. The van der Waals surface area contributed by atoms with Crippen LogP contribution in [0.25, 0.3) is 0 Å². The summed E-state index contributed by atoms with van der Waals surface area (Å²) in [7, 11) is 8.42. The Morgan fingerprint density at radius 2 is 1.82 bits per heavy atom. The van der Waals surface area contributed by atoms with Gasteiger partial charge in [0.05, 0.1) is 18.7 Å². The minimum atomic E-state index is -2.68. The number of amides is 1. The molecule has 0 aliphatic heterocycles. The number of allylic oxidation sites excluding steroid dienone is 1. The van der Waals surface area contributed by atoms with E-state index < -0.39 is 58.0 Å². The molecule has 234 valence electrons. The predicted octanol–water partition coefficient (Wildman–Crippen LogP) is 1.49. The minimum absolute atomic E-state index is 0.0184. The van der Waals surface area contributed by atoms with E-state index in [1.807, 2.05) is 49.3 Å². The first-order chi connectivity index (χ1) is 20.7. The molecule has 2 aromatic carbocycles. The minimum Gasteiger partial charge on any atom is -0.510 e. The van der Waals surface area contributed by atoms with Gasteiger partial charge in [0.25, 0.3) is 5.91 Å². The van der Waals surface area contributed by atoms with E-state index in [1.54, 1.807) is 21.2 Å². The molecule has 0 unspecified atom stereocenters. The zero-order valence-corrected chi connectivity index (χ0v) is 25.3. The Labute approximate surface area is 255 Å². The van der Waals surface area contributed by atoms with Gasteiger partial charge < -0.3 is 41.1 Å². The van der Waals surface area contributed by atoms with Crippen LogP contribution in [0.1, 0.15) is 33.5 Å². The number of methoxy groups -OCH3 is 1. The van der Waals surface area contributed by atoms with Crippen LogP contribution in [0.5, 0.6) is 11.5 Å². The molecule has 0 spiro atoms. The molecule has 4 atom stereocenters. The van der Waals surface area contributed by atoms with Crippen molar-refractivity contribution in [3.05, 3.63) is 75.3 Å². The summed E-state index contributed by atoms with van der Waals surface area (Å²) in [6, 6.07) is 8.30. The van der Waals surface area contributed by atoms with Crippen molar-refractivity contribution in [1.29, 1.82) is 0 Å². The quantitative estimate of drug-likeness (QED) is 0.239. The fraction of sp³-hybridized carbons (Fsp3) is 0.406. The van der Waals surface area contributed by atoms with E-state index in [9.17, 15) is 34.8 Å². The fourth-order valence-corrected chi connectivity index (χ4v) is 7.01. The molecular formula is C32H38N4O8. The van der Waals surface area contributed by atoms with Crippen molar-refractivity contribution in [3.8, 4) is 11.5 Å². The number of likely N-dealkylation sites (N-methyl/N-ethyl adjacent to an activating group) is 1. The maximum absolute atomic E-state index is 14.2. The van der Waals surface area contributed by atoms with Crippen molar-refractivity contribution in [3.63, 3.8) is 0 Å². The number of primary amides is 1. The normalized spacial score (nSPS) is 24.7. The number of benzene rings is 2. The van der Waals surface area contributed by atoms with Gasteiger partial charge in [-0.1, -0.05) is 12.1 Å². The zero-order chi connectivity index (χ0) is 32.2. The van der Waals surface area contributed by atoms with Crippen LogP contribution in [0.4, 0.5) is 5.69 Å². The number of phenols is 1. The second-order valence-electron chi connectivity index (χ2n) is 12.1. The van der Waals surface area contributed by atoms with Gasteiger partial charge in [-0.3, -0.25) is 19.3 Å². The molecule has 7 N–H and O–H groups in total. The highest BCUT2D eigenvalue weighted by molar-refractivity contribution is 6.25.